The first-order chi connectivity index (χ1) is 9.40. The third-order valence-electron chi connectivity index (χ3n) is 3.41. The Morgan fingerprint density at radius 2 is 2.05 bits per heavy atom. The molecule has 108 valence electrons. The average Bonchev–Trinajstić information content (AvgIpc) is 2.84. The molecule has 1 saturated heterocycles. The fourth-order valence-corrected chi connectivity index (χ4v) is 2.47. The van der Waals surface area contributed by atoms with Gasteiger partial charge in [-0.1, -0.05) is 0 Å². The predicted octanol–water partition coefficient (Wildman–Crippen LogP) is 1.10. The van der Waals surface area contributed by atoms with E-state index in [1.165, 1.54) is 15.9 Å². The molecule has 0 aromatic heterocycles. The molecule has 0 radical (unpaired) electrons. The summed E-state index contributed by atoms with van der Waals surface area (Å²) in [5.74, 6) is -1.02. The molecule has 0 bridgehead atoms. The Balaban J connectivity index is 2.25. The second kappa shape index (κ2) is 5.48. The van der Waals surface area contributed by atoms with Gasteiger partial charge in [-0.05, 0) is 31.0 Å². The number of nitrogens with zero attached hydrogens (tertiary/aromatic N) is 2. The molecule has 5 nitrogen and oxygen atoms in total. The van der Waals surface area contributed by atoms with Gasteiger partial charge in [0.1, 0.15) is 11.9 Å². The lowest BCUT2D eigenvalue weighted by molar-refractivity contribution is -0.132. The van der Waals surface area contributed by atoms with Crippen molar-refractivity contribution in [1.29, 1.82) is 0 Å². The molecule has 0 saturated carbocycles. The van der Waals surface area contributed by atoms with Crippen LogP contribution in [0, 0.1) is 5.82 Å². The van der Waals surface area contributed by atoms with Crippen molar-refractivity contribution in [2.24, 2.45) is 0 Å². The van der Waals surface area contributed by atoms with Gasteiger partial charge in [0.15, 0.2) is 0 Å². The summed E-state index contributed by atoms with van der Waals surface area (Å²) < 4.78 is 13.3. The summed E-state index contributed by atoms with van der Waals surface area (Å²) in [6.07, 6.45) is 1.40. The number of carbonyl (C=O) groups is 2. The summed E-state index contributed by atoms with van der Waals surface area (Å²) in [5, 5.41) is 0. The zero-order chi connectivity index (χ0) is 14.9. The molecule has 1 unspecified atom stereocenters. The van der Waals surface area contributed by atoms with Crippen LogP contribution >= 0.6 is 0 Å². The molecular weight excluding hydrogens is 261 g/mol. The van der Waals surface area contributed by atoms with Gasteiger partial charge in [-0.25, -0.2) is 4.39 Å². The molecule has 0 spiro atoms. The number of nitrogens with two attached hydrogens (primary N) is 1. The number of hydrogen-bond acceptors (Lipinski definition) is 3. The average molecular weight is 279 g/mol. The minimum absolute atomic E-state index is 0.111. The van der Waals surface area contributed by atoms with E-state index in [1.807, 2.05) is 0 Å². The summed E-state index contributed by atoms with van der Waals surface area (Å²) in [4.78, 5) is 27.4. The van der Waals surface area contributed by atoms with E-state index in [-0.39, 0.29) is 23.1 Å². The lowest BCUT2D eigenvalue weighted by Crippen LogP contribution is -2.45. The molecule has 1 fully saturated rings. The van der Waals surface area contributed by atoms with E-state index in [1.54, 1.807) is 14.1 Å². The highest BCUT2D eigenvalue weighted by molar-refractivity contribution is 5.98. The summed E-state index contributed by atoms with van der Waals surface area (Å²) in [6.45, 7) is 0.500. The molecule has 1 aliphatic rings. The van der Waals surface area contributed by atoms with Crippen molar-refractivity contribution in [3.05, 3.63) is 29.6 Å². The lowest BCUT2D eigenvalue weighted by atomic mass is 10.1. The molecule has 1 aromatic rings. The van der Waals surface area contributed by atoms with Crippen LogP contribution in [0.4, 0.5) is 10.1 Å². The Bertz CT molecular complexity index is 525. The number of carbonyl (C=O) groups excluding carboxylic acids is 2. The first kappa shape index (κ1) is 14.3. The van der Waals surface area contributed by atoms with Crippen molar-refractivity contribution in [3.8, 4) is 0 Å². The van der Waals surface area contributed by atoms with Gasteiger partial charge >= 0.3 is 0 Å². The van der Waals surface area contributed by atoms with Crippen LogP contribution in [-0.4, -0.2) is 48.3 Å². The van der Waals surface area contributed by atoms with E-state index >= 15 is 0 Å². The number of anilines is 1. The summed E-state index contributed by atoms with van der Waals surface area (Å²) in [6, 6.07) is 3.26. The van der Waals surface area contributed by atoms with Crippen LogP contribution in [0.2, 0.25) is 0 Å². The molecule has 2 N–H and O–H groups in total. The predicted molar refractivity (Wildman–Crippen MR) is 73.6 cm³/mol. The first-order valence-corrected chi connectivity index (χ1v) is 6.48. The molecule has 2 amide bonds. The van der Waals surface area contributed by atoms with Gasteiger partial charge < -0.3 is 15.5 Å². The minimum Gasteiger partial charge on any atom is -0.399 e. The molecule has 0 aliphatic carbocycles. The smallest absolute Gasteiger partial charge is 0.254 e. The van der Waals surface area contributed by atoms with Crippen LogP contribution in [-0.2, 0) is 4.79 Å². The van der Waals surface area contributed by atoms with Gasteiger partial charge in [-0.2, -0.15) is 0 Å². The van der Waals surface area contributed by atoms with E-state index in [2.05, 4.69) is 0 Å². The highest BCUT2D eigenvalue weighted by Gasteiger charge is 2.35. The maximum absolute atomic E-state index is 13.3. The Morgan fingerprint density at radius 1 is 1.35 bits per heavy atom. The van der Waals surface area contributed by atoms with Crippen molar-refractivity contribution in [3.63, 3.8) is 0 Å². The highest BCUT2D eigenvalue weighted by atomic mass is 19.1. The van der Waals surface area contributed by atoms with E-state index in [0.717, 1.165) is 18.6 Å². The number of benzene rings is 1. The lowest BCUT2D eigenvalue weighted by Gasteiger charge is -2.26. The standard InChI is InChI=1S/C14H18FN3O2/c1-17(2)14(20)12-4-3-5-18(12)13(19)9-6-10(15)8-11(16)7-9/h6-8,12H,3-5,16H2,1-2H3. The van der Waals surface area contributed by atoms with Crippen LogP contribution in [0.15, 0.2) is 18.2 Å². The monoisotopic (exact) mass is 279 g/mol. The maximum Gasteiger partial charge on any atom is 0.254 e. The third kappa shape index (κ3) is 2.74. The summed E-state index contributed by atoms with van der Waals surface area (Å²) in [7, 11) is 3.31. The molecule has 1 aromatic carbocycles. The minimum atomic E-state index is -0.553. The van der Waals surface area contributed by atoms with Crippen molar-refractivity contribution < 1.29 is 14.0 Å². The quantitative estimate of drug-likeness (QED) is 0.824. The Hall–Kier alpha value is -2.11. The summed E-state index contributed by atoms with van der Waals surface area (Å²) >= 11 is 0. The number of nitrogen functional groups attached to an aromatic ring is 1. The number of likely N-dealkylation sites (tertiary alicyclic amines) is 1. The van der Waals surface area contributed by atoms with E-state index < -0.39 is 11.9 Å². The fourth-order valence-electron chi connectivity index (χ4n) is 2.47. The molecule has 1 aliphatic heterocycles. The van der Waals surface area contributed by atoms with Gasteiger partial charge in [0.05, 0.1) is 0 Å². The second-order valence-electron chi connectivity index (χ2n) is 5.16. The number of halogens is 1. The normalized spacial score (nSPS) is 18.1. The molecule has 6 heteroatoms. The van der Waals surface area contributed by atoms with Gasteiger partial charge in [-0.15, -0.1) is 0 Å². The Kier molecular flexibility index (Phi) is 3.92. The molecule has 1 heterocycles. The highest BCUT2D eigenvalue weighted by Crippen LogP contribution is 2.22. The first-order valence-electron chi connectivity index (χ1n) is 6.48. The van der Waals surface area contributed by atoms with Crippen LogP contribution in [0.25, 0.3) is 0 Å². The van der Waals surface area contributed by atoms with Crippen LogP contribution in [0.5, 0.6) is 0 Å². The maximum atomic E-state index is 13.3. The Morgan fingerprint density at radius 3 is 2.65 bits per heavy atom. The number of rotatable bonds is 2. The number of hydrogen-bond donors (Lipinski definition) is 1. The van der Waals surface area contributed by atoms with Gasteiger partial charge in [0, 0.05) is 31.9 Å². The molecule has 2 rings (SSSR count). The topological polar surface area (TPSA) is 66.6 Å². The fraction of sp³-hybridized carbons (Fsp3) is 0.429. The van der Waals surface area contributed by atoms with Crippen LogP contribution < -0.4 is 5.73 Å². The summed E-state index contributed by atoms with van der Waals surface area (Å²) in [5.41, 5.74) is 5.93. The molecule has 20 heavy (non-hydrogen) atoms. The second-order valence-corrected chi connectivity index (χ2v) is 5.16. The molecule has 1 atom stereocenters. The zero-order valence-corrected chi connectivity index (χ0v) is 11.6. The van der Waals surface area contributed by atoms with E-state index in [4.69, 9.17) is 5.73 Å². The van der Waals surface area contributed by atoms with Crippen molar-refractivity contribution in [1.82, 2.24) is 9.80 Å². The van der Waals surface area contributed by atoms with E-state index in [9.17, 15) is 14.0 Å². The van der Waals surface area contributed by atoms with Gasteiger partial charge in [-0.3, -0.25) is 9.59 Å². The van der Waals surface area contributed by atoms with Crippen molar-refractivity contribution >= 4 is 17.5 Å². The largest absolute Gasteiger partial charge is 0.399 e. The SMILES string of the molecule is CN(C)C(=O)C1CCCN1C(=O)c1cc(N)cc(F)c1. The van der Waals surface area contributed by atoms with Gasteiger partial charge in [0.2, 0.25) is 5.91 Å². The van der Waals surface area contributed by atoms with Crippen LogP contribution in [0.1, 0.15) is 23.2 Å². The number of amides is 2. The zero-order valence-electron chi connectivity index (χ0n) is 11.6. The third-order valence-corrected chi connectivity index (χ3v) is 3.41. The van der Waals surface area contributed by atoms with Crippen molar-refractivity contribution in [2.45, 2.75) is 18.9 Å². The van der Waals surface area contributed by atoms with Crippen molar-refractivity contribution in [2.75, 3.05) is 26.4 Å². The molecular formula is C14H18FN3O2. The van der Waals surface area contributed by atoms with Gasteiger partial charge in [0.25, 0.3) is 5.91 Å². The van der Waals surface area contributed by atoms with E-state index in [0.29, 0.717) is 13.0 Å². The Labute approximate surface area is 117 Å². The van der Waals surface area contributed by atoms with Crippen LogP contribution in [0.3, 0.4) is 0 Å². The number of likely N-dealkylation sites (N-methyl/N-ethyl adjacent to an activating group) is 1.